The highest BCUT2D eigenvalue weighted by Gasteiger charge is 2.09. The Balaban J connectivity index is 2.51. The zero-order valence-corrected chi connectivity index (χ0v) is 10.5. The normalized spacial score (nSPS) is 12.9. The van der Waals surface area contributed by atoms with Gasteiger partial charge in [-0.25, -0.2) is 9.98 Å². The molecule has 0 atom stereocenters. The van der Waals surface area contributed by atoms with E-state index in [4.69, 9.17) is 5.73 Å². The Labute approximate surface area is 94.6 Å². The molecule has 0 bridgehead atoms. The van der Waals surface area contributed by atoms with Crippen LogP contribution >= 0.6 is 11.3 Å². The van der Waals surface area contributed by atoms with Gasteiger partial charge in [-0.15, -0.1) is 11.3 Å². The third-order valence-corrected chi connectivity index (χ3v) is 2.45. The van der Waals surface area contributed by atoms with Gasteiger partial charge in [-0.2, -0.15) is 0 Å². The van der Waals surface area contributed by atoms with E-state index in [0.717, 1.165) is 5.01 Å². The van der Waals surface area contributed by atoms with Gasteiger partial charge >= 0.3 is 0 Å². The SMILES string of the molecule is Cc1cnc(CN=C(N)NC(C)(C)C)s1. The second-order valence-corrected chi connectivity index (χ2v) is 5.76. The summed E-state index contributed by atoms with van der Waals surface area (Å²) in [5, 5.41) is 4.09. The average Bonchev–Trinajstić information content (AvgIpc) is 2.45. The average molecular weight is 226 g/mol. The zero-order chi connectivity index (χ0) is 11.5. The molecule has 0 aliphatic heterocycles. The van der Waals surface area contributed by atoms with Gasteiger partial charge in [0.25, 0.3) is 0 Å². The lowest BCUT2D eigenvalue weighted by molar-refractivity contribution is 0.508. The van der Waals surface area contributed by atoms with Crippen LogP contribution in [-0.2, 0) is 6.54 Å². The van der Waals surface area contributed by atoms with Crippen LogP contribution in [0, 0.1) is 6.92 Å². The number of guanidine groups is 1. The molecule has 0 saturated heterocycles. The first-order chi connectivity index (χ1) is 6.87. The molecule has 15 heavy (non-hydrogen) atoms. The van der Waals surface area contributed by atoms with Crippen molar-refractivity contribution in [3.63, 3.8) is 0 Å². The van der Waals surface area contributed by atoms with Crippen LogP contribution in [0.3, 0.4) is 0 Å². The van der Waals surface area contributed by atoms with Gasteiger partial charge in [0.2, 0.25) is 0 Å². The maximum Gasteiger partial charge on any atom is 0.189 e. The van der Waals surface area contributed by atoms with E-state index in [1.807, 2.05) is 33.9 Å². The molecule has 1 rings (SSSR count). The Hall–Kier alpha value is -1.10. The number of thiazole rings is 1. The smallest absolute Gasteiger partial charge is 0.189 e. The van der Waals surface area contributed by atoms with Gasteiger partial charge < -0.3 is 11.1 Å². The predicted octanol–water partition coefficient (Wildman–Crippen LogP) is 1.65. The monoisotopic (exact) mass is 226 g/mol. The third-order valence-electron chi connectivity index (χ3n) is 1.56. The summed E-state index contributed by atoms with van der Waals surface area (Å²) in [5.74, 6) is 0.468. The minimum absolute atomic E-state index is 0.0492. The Bertz CT molecular complexity index is 349. The molecule has 0 radical (unpaired) electrons. The Kier molecular flexibility index (Phi) is 3.68. The van der Waals surface area contributed by atoms with Crippen molar-refractivity contribution in [1.82, 2.24) is 10.3 Å². The number of hydrogen-bond acceptors (Lipinski definition) is 3. The van der Waals surface area contributed by atoms with Gasteiger partial charge in [0.05, 0.1) is 6.54 Å². The molecule has 3 N–H and O–H groups in total. The number of nitrogens with two attached hydrogens (primary N) is 1. The van der Waals surface area contributed by atoms with Gasteiger partial charge in [-0.05, 0) is 27.7 Å². The molecule has 0 aliphatic rings. The Morgan fingerprint density at radius 2 is 2.27 bits per heavy atom. The highest BCUT2D eigenvalue weighted by molar-refractivity contribution is 7.11. The molecular formula is C10H18N4S. The molecule has 0 fully saturated rings. The molecule has 0 unspecified atom stereocenters. The summed E-state index contributed by atoms with van der Waals surface area (Å²) < 4.78 is 0. The van der Waals surface area contributed by atoms with E-state index >= 15 is 0 Å². The molecular weight excluding hydrogens is 208 g/mol. The minimum atomic E-state index is -0.0492. The molecule has 0 spiro atoms. The molecule has 1 heterocycles. The van der Waals surface area contributed by atoms with Crippen molar-refractivity contribution in [2.75, 3.05) is 0 Å². The third kappa shape index (κ3) is 4.78. The number of aryl methyl sites for hydroxylation is 1. The van der Waals surface area contributed by atoms with Gasteiger partial charge in [0.1, 0.15) is 5.01 Å². The summed E-state index contributed by atoms with van der Waals surface area (Å²) in [6, 6.07) is 0. The fraction of sp³-hybridized carbons (Fsp3) is 0.600. The van der Waals surface area contributed by atoms with E-state index in [1.54, 1.807) is 11.3 Å². The minimum Gasteiger partial charge on any atom is -0.370 e. The van der Waals surface area contributed by atoms with E-state index in [0.29, 0.717) is 12.5 Å². The second-order valence-electron chi connectivity index (χ2n) is 4.44. The summed E-state index contributed by atoms with van der Waals surface area (Å²) in [6.45, 7) is 8.71. The molecule has 0 aliphatic carbocycles. The van der Waals surface area contributed by atoms with E-state index in [-0.39, 0.29) is 5.54 Å². The van der Waals surface area contributed by atoms with Crippen molar-refractivity contribution in [1.29, 1.82) is 0 Å². The van der Waals surface area contributed by atoms with Crippen molar-refractivity contribution >= 4 is 17.3 Å². The Morgan fingerprint density at radius 1 is 1.60 bits per heavy atom. The Morgan fingerprint density at radius 3 is 2.73 bits per heavy atom. The number of nitrogens with zero attached hydrogens (tertiary/aromatic N) is 2. The molecule has 5 heteroatoms. The van der Waals surface area contributed by atoms with E-state index in [2.05, 4.69) is 15.3 Å². The standard InChI is InChI=1S/C10H18N4S/c1-7-5-12-8(15-7)6-13-9(11)14-10(2,3)4/h5H,6H2,1-4H3,(H3,11,13,14). The number of hydrogen-bond donors (Lipinski definition) is 2. The quantitative estimate of drug-likeness (QED) is 0.595. The lowest BCUT2D eigenvalue weighted by atomic mass is 10.1. The fourth-order valence-electron chi connectivity index (χ4n) is 1.05. The van der Waals surface area contributed by atoms with E-state index < -0.39 is 0 Å². The summed E-state index contributed by atoms with van der Waals surface area (Å²) in [5.41, 5.74) is 5.68. The molecule has 4 nitrogen and oxygen atoms in total. The molecule has 0 amide bonds. The zero-order valence-electron chi connectivity index (χ0n) is 9.66. The fourth-order valence-corrected chi connectivity index (χ4v) is 1.76. The highest BCUT2D eigenvalue weighted by Crippen LogP contribution is 2.11. The van der Waals surface area contributed by atoms with E-state index in [9.17, 15) is 0 Å². The van der Waals surface area contributed by atoms with Crippen LogP contribution in [0.4, 0.5) is 0 Å². The first kappa shape index (κ1) is 12.0. The van der Waals surface area contributed by atoms with Gasteiger partial charge in [0.15, 0.2) is 5.96 Å². The van der Waals surface area contributed by atoms with Crippen LogP contribution in [0.1, 0.15) is 30.7 Å². The van der Waals surface area contributed by atoms with Crippen molar-refractivity contribution < 1.29 is 0 Å². The highest BCUT2D eigenvalue weighted by atomic mass is 32.1. The summed E-state index contributed by atoms with van der Waals surface area (Å²) in [4.78, 5) is 9.63. The van der Waals surface area contributed by atoms with Crippen molar-refractivity contribution in [2.24, 2.45) is 10.7 Å². The maximum absolute atomic E-state index is 5.73. The largest absolute Gasteiger partial charge is 0.370 e. The van der Waals surface area contributed by atoms with Gasteiger partial charge in [0, 0.05) is 16.6 Å². The van der Waals surface area contributed by atoms with Gasteiger partial charge in [-0.3, -0.25) is 0 Å². The molecule has 1 aromatic heterocycles. The van der Waals surface area contributed by atoms with E-state index in [1.165, 1.54) is 4.88 Å². The maximum atomic E-state index is 5.73. The first-order valence-corrected chi connectivity index (χ1v) is 5.68. The number of aliphatic imine (C=N–C) groups is 1. The van der Waals surface area contributed by atoms with Crippen molar-refractivity contribution in [2.45, 2.75) is 39.8 Å². The summed E-state index contributed by atoms with van der Waals surface area (Å²) >= 11 is 1.65. The van der Waals surface area contributed by atoms with Crippen LogP contribution in [-0.4, -0.2) is 16.5 Å². The van der Waals surface area contributed by atoms with Crippen LogP contribution in [0.2, 0.25) is 0 Å². The molecule has 0 saturated carbocycles. The number of nitrogens with one attached hydrogen (secondary N) is 1. The first-order valence-electron chi connectivity index (χ1n) is 4.86. The van der Waals surface area contributed by atoms with Crippen LogP contribution in [0.25, 0.3) is 0 Å². The number of rotatable bonds is 2. The van der Waals surface area contributed by atoms with Crippen LogP contribution in [0.5, 0.6) is 0 Å². The molecule has 1 aromatic rings. The topological polar surface area (TPSA) is 63.3 Å². The van der Waals surface area contributed by atoms with Gasteiger partial charge in [-0.1, -0.05) is 0 Å². The lowest BCUT2D eigenvalue weighted by Gasteiger charge is -2.20. The lowest BCUT2D eigenvalue weighted by Crippen LogP contribution is -2.44. The van der Waals surface area contributed by atoms with Crippen molar-refractivity contribution in [3.05, 3.63) is 16.1 Å². The second kappa shape index (κ2) is 4.61. The van der Waals surface area contributed by atoms with Crippen LogP contribution in [0.15, 0.2) is 11.2 Å². The molecule has 84 valence electrons. The number of aromatic nitrogens is 1. The summed E-state index contributed by atoms with van der Waals surface area (Å²) in [7, 11) is 0. The predicted molar refractivity (Wildman–Crippen MR) is 65.1 cm³/mol. The summed E-state index contributed by atoms with van der Waals surface area (Å²) in [6.07, 6.45) is 1.85. The van der Waals surface area contributed by atoms with Crippen LogP contribution < -0.4 is 11.1 Å². The molecule has 0 aromatic carbocycles. The van der Waals surface area contributed by atoms with Crippen molar-refractivity contribution in [3.8, 4) is 0 Å².